The van der Waals surface area contributed by atoms with E-state index in [0.29, 0.717) is 5.78 Å². The lowest BCUT2D eigenvalue weighted by Gasteiger charge is -2.26. The van der Waals surface area contributed by atoms with Gasteiger partial charge >= 0.3 is 0 Å². The molecule has 0 fully saturated rings. The number of hydrogen-bond donors (Lipinski definition) is 0. The highest BCUT2D eigenvalue weighted by atomic mass is 16.1. The molecular weight excluding hydrogens is 304 g/mol. The highest BCUT2D eigenvalue weighted by Gasteiger charge is 2.30. The lowest BCUT2D eigenvalue weighted by molar-refractivity contribution is 0.0947. The molecule has 1 nitrogen and oxygen atoms in total. The predicted molar refractivity (Wildman–Crippen MR) is 106 cm³/mol. The Morgan fingerprint density at radius 1 is 0.880 bits per heavy atom. The van der Waals surface area contributed by atoms with Crippen molar-refractivity contribution in [1.29, 1.82) is 0 Å². The molecule has 1 aliphatic carbocycles. The number of fused-ring (bicyclic) bond motifs is 1. The van der Waals surface area contributed by atoms with Gasteiger partial charge in [-0.2, -0.15) is 0 Å². The molecule has 0 N–H and O–H groups in total. The van der Waals surface area contributed by atoms with Gasteiger partial charge < -0.3 is 0 Å². The van der Waals surface area contributed by atoms with Crippen LogP contribution in [0.1, 0.15) is 75.5 Å². The first kappa shape index (κ1) is 17.9. The van der Waals surface area contributed by atoms with Crippen LogP contribution in [0, 0.1) is 5.92 Å². The van der Waals surface area contributed by atoms with Gasteiger partial charge in [-0.15, -0.1) is 0 Å². The second-order valence-electron chi connectivity index (χ2n) is 9.61. The van der Waals surface area contributed by atoms with Gasteiger partial charge in [0.2, 0.25) is 0 Å². The molecule has 0 saturated heterocycles. The van der Waals surface area contributed by atoms with Crippen LogP contribution in [0.2, 0.25) is 0 Å². The van der Waals surface area contributed by atoms with Crippen LogP contribution in [-0.2, 0) is 17.3 Å². The van der Waals surface area contributed by atoms with Gasteiger partial charge in [0.1, 0.15) is 0 Å². The Labute approximate surface area is 152 Å². The van der Waals surface area contributed by atoms with Crippen LogP contribution in [0.5, 0.6) is 0 Å². The molecule has 0 aliphatic heterocycles. The van der Waals surface area contributed by atoms with Crippen molar-refractivity contribution in [3.05, 3.63) is 58.7 Å². The van der Waals surface area contributed by atoms with E-state index in [2.05, 4.69) is 77.9 Å². The molecule has 1 unspecified atom stereocenters. The summed E-state index contributed by atoms with van der Waals surface area (Å²) >= 11 is 0. The number of ketones is 1. The fourth-order valence-electron chi connectivity index (χ4n) is 3.62. The lowest BCUT2D eigenvalue weighted by atomic mass is 9.78. The average Bonchev–Trinajstić information content (AvgIpc) is 2.80. The van der Waals surface area contributed by atoms with Crippen molar-refractivity contribution >= 4 is 5.78 Å². The topological polar surface area (TPSA) is 17.1 Å². The molecular formula is C24H30O. The van der Waals surface area contributed by atoms with Crippen LogP contribution in [0.15, 0.2) is 36.4 Å². The number of Topliss-reactive ketones (excluding diaryl/α,β-unsaturated/α-hetero) is 1. The van der Waals surface area contributed by atoms with Crippen LogP contribution >= 0.6 is 0 Å². The van der Waals surface area contributed by atoms with Gasteiger partial charge in [-0.25, -0.2) is 0 Å². The summed E-state index contributed by atoms with van der Waals surface area (Å²) in [4.78, 5) is 12.8. The number of benzene rings is 2. The van der Waals surface area contributed by atoms with Gasteiger partial charge in [0.25, 0.3) is 0 Å². The van der Waals surface area contributed by atoms with Crippen molar-refractivity contribution in [2.24, 2.45) is 5.92 Å². The predicted octanol–water partition coefficient (Wildman–Crippen LogP) is 6.32. The fourth-order valence-corrected chi connectivity index (χ4v) is 3.62. The molecule has 2 aromatic rings. The van der Waals surface area contributed by atoms with Gasteiger partial charge in [0.05, 0.1) is 0 Å². The highest BCUT2D eigenvalue weighted by molar-refractivity contribution is 6.07. The maximum absolute atomic E-state index is 12.8. The summed E-state index contributed by atoms with van der Waals surface area (Å²) in [6, 6.07) is 13.2. The van der Waals surface area contributed by atoms with E-state index in [0.717, 1.165) is 17.5 Å². The third kappa shape index (κ3) is 3.29. The third-order valence-electron chi connectivity index (χ3n) is 5.35. The first-order valence-corrected chi connectivity index (χ1v) is 9.31. The van der Waals surface area contributed by atoms with Crippen LogP contribution in [-0.4, -0.2) is 5.78 Å². The van der Waals surface area contributed by atoms with Crippen LogP contribution < -0.4 is 0 Å². The summed E-state index contributed by atoms with van der Waals surface area (Å²) in [6.07, 6.45) is 0.868. The van der Waals surface area contributed by atoms with E-state index in [9.17, 15) is 4.79 Å². The summed E-state index contributed by atoms with van der Waals surface area (Å²) in [5.41, 5.74) is 7.22. The normalized spacial score (nSPS) is 17.7. The van der Waals surface area contributed by atoms with Gasteiger partial charge in [-0.3, -0.25) is 4.79 Å². The van der Waals surface area contributed by atoms with Crippen molar-refractivity contribution in [3.8, 4) is 11.1 Å². The molecule has 0 aromatic heterocycles. The van der Waals surface area contributed by atoms with E-state index in [1.165, 1.54) is 22.3 Å². The van der Waals surface area contributed by atoms with E-state index in [4.69, 9.17) is 0 Å². The minimum atomic E-state index is 0.0747. The van der Waals surface area contributed by atoms with E-state index < -0.39 is 0 Å². The summed E-state index contributed by atoms with van der Waals surface area (Å²) in [7, 11) is 0. The van der Waals surface area contributed by atoms with Gasteiger partial charge in [0.15, 0.2) is 5.78 Å². The van der Waals surface area contributed by atoms with Crippen molar-refractivity contribution in [3.63, 3.8) is 0 Å². The molecule has 2 aromatic carbocycles. The van der Waals surface area contributed by atoms with Crippen molar-refractivity contribution in [1.82, 2.24) is 0 Å². The molecule has 0 amide bonds. The van der Waals surface area contributed by atoms with Crippen molar-refractivity contribution in [2.75, 3.05) is 0 Å². The minimum Gasteiger partial charge on any atom is -0.294 e. The Balaban J connectivity index is 2.26. The molecule has 25 heavy (non-hydrogen) atoms. The van der Waals surface area contributed by atoms with Crippen LogP contribution in [0.3, 0.4) is 0 Å². The smallest absolute Gasteiger partial charge is 0.166 e. The Hall–Kier alpha value is -1.89. The molecule has 132 valence electrons. The summed E-state index contributed by atoms with van der Waals surface area (Å²) in [5, 5.41) is 0. The maximum atomic E-state index is 12.8. The Bertz CT molecular complexity index is 796. The van der Waals surface area contributed by atoms with Gasteiger partial charge in [-0.05, 0) is 45.1 Å². The van der Waals surface area contributed by atoms with Crippen molar-refractivity contribution < 1.29 is 4.79 Å². The maximum Gasteiger partial charge on any atom is 0.166 e. The highest BCUT2D eigenvalue weighted by Crippen LogP contribution is 2.38. The zero-order valence-electron chi connectivity index (χ0n) is 16.7. The van der Waals surface area contributed by atoms with Crippen LogP contribution in [0.25, 0.3) is 11.1 Å². The minimum absolute atomic E-state index is 0.0747. The molecule has 1 heteroatoms. The quantitative estimate of drug-likeness (QED) is 0.596. The SMILES string of the molecule is CC1Cc2cccc(-c3cc(C(C)(C)C)cc(C(C)(C)C)c3)c2C1=O. The molecule has 0 radical (unpaired) electrons. The van der Waals surface area contributed by atoms with E-state index in [1.807, 2.05) is 6.92 Å². The zero-order chi connectivity index (χ0) is 18.6. The standard InChI is InChI=1S/C24H30O/c1-15-11-16-9-8-10-20(21(16)22(15)25)17-12-18(23(2,3)4)14-19(13-17)24(5,6)7/h8-10,12-15H,11H2,1-7H3. The fraction of sp³-hybridized carbons (Fsp3) is 0.458. The van der Waals surface area contributed by atoms with E-state index >= 15 is 0 Å². The Morgan fingerprint density at radius 3 is 1.96 bits per heavy atom. The summed E-state index contributed by atoms with van der Waals surface area (Å²) < 4.78 is 0. The Morgan fingerprint density at radius 2 is 1.44 bits per heavy atom. The number of carbonyl (C=O) groups is 1. The van der Waals surface area contributed by atoms with Gasteiger partial charge in [0, 0.05) is 11.5 Å². The molecule has 0 saturated carbocycles. The second-order valence-corrected chi connectivity index (χ2v) is 9.61. The average molecular weight is 335 g/mol. The molecule has 0 spiro atoms. The molecule has 3 rings (SSSR count). The molecule has 1 aliphatic rings. The largest absolute Gasteiger partial charge is 0.294 e. The number of carbonyl (C=O) groups excluding carboxylic acids is 1. The third-order valence-corrected chi connectivity index (χ3v) is 5.35. The number of hydrogen-bond acceptors (Lipinski definition) is 1. The zero-order valence-corrected chi connectivity index (χ0v) is 16.7. The van der Waals surface area contributed by atoms with E-state index in [-0.39, 0.29) is 16.7 Å². The van der Waals surface area contributed by atoms with E-state index in [1.54, 1.807) is 0 Å². The monoisotopic (exact) mass is 334 g/mol. The van der Waals surface area contributed by atoms with Gasteiger partial charge in [-0.1, -0.05) is 84.9 Å². The Kier molecular flexibility index (Phi) is 4.18. The second kappa shape index (κ2) is 5.83. The molecule has 1 atom stereocenters. The molecule has 0 bridgehead atoms. The first-order valence-electron chi connectivity index (χ1n) is 9.31. The first-order chi connectivity index (χ1) is 11.5. The van der Waals surface area contributed by atoms with Crippen LogP contribution in [0.4, 0.5) is 0 Å². The summed E-state index contributed by atoms with van der Waals surface area (Å²) in [6.45, 7) is 15.5. The lowest BCUT2D eigenvalue weighted by Crippen LogP contribution is -2.16. The number of rotatable bonds is 1. The van der Waals surface area contributed by atoms with Crippen molar-refractivity contribution in [2.45, 2.75) is 65.7 Å². The summed E-state index contributed by atoms with van der Waals surface area (Å²) in [5.74, 6) is 0.396. The molecule has 0 heterocycles.